The Kier molecular flexibility index (Phi) is 3.74. The van der Waals surface area contributed by atoms with Crippen LogP contribution >= 0.6 is 0 Å². The minimum absolute atomic E-state index is 0.270. The predicted molar refractivity (Wildman–Crippen MR) is 101 cm³/mol. The standard InChI is InChI=1S/C21H23N5O/c1-15-7-8-18-22-23-19(26(18)24-15)16-9-13-25(14-10-16)20(27)21(11-12-21)17-5-3-2-4-6-17/h2-8,16H,9-14H2,1H3. The Morgan fingerprint density at radius 1 is 1.04 bits per heavy atom. The highest BCUT2D eigenvalue weighted by Crippen LogP contribution is 2.50. The van der Waals surface area contributed by atoms with Crippen LogP contribution in [0.1, 0.15) is 48.7 Å². The van der Waals surface area contributed by atoms with Gasteiger partial charge in [0.2, 0.25) is 5.91 Å². The molecule has 0 bridgehead atoms. The van der Waals surface area contributed by atoms with Gasteiger partial charge in [-0.05, 0) is 50.3 Å². The van der Waals surface area contributed by atoms with Crippen LogP contribution in [-0.4, -0.2) is 43.7 Å². The highest BCUT2D eigenvalue weighted by Gasteiger charge is 2.53. The van der Waals surface area contributed by atoms with E-state index in [2.05, 4.69) is 32.3 Å². The smallest absolute Gasteiger partial charge is 0.233 e. The fraction of sp³-hybridized carbons (Fsp3) is 0.429. The van der Waals surface area contributed by atoms with Gasteiger partial charge in [0.15, 0.2) is 11.5 Å². The Labute approximate surface area is 158 Å². The molecule has 0 unspecified atom stereocenters. The van der Waals surface area contributed by atoms with Crippen LogP contribution in [0.3, 0.4) is 0 Å². The second kappa shape index (κ2) is 6.15. The van der Waals surface area contributed by atoms with Gasteiger partial charge >= 0.3 is 0 Å². The molecule has 6 heteroatoms. The molecule has 6 nitrogen and oxygen atoms in total. The van der Waals surface area contributed by atoms with Crippen molar-refractivity contribution in [1.82, 2.24) is 24.7 Å². The zero-order valence-electron chi connectivity index (χ0n) is 15.5. The summed E-state index contributed by atoms with van der Waals surface area (Å²) < 4.78 is 1.86. The third-order valence-corrected chi connectivity index (χ3v) is 6.05. The monoisotopic (exact) mass is 361 g/mol. The second-order valence-electron chi connectivity index (χ2n) is 7.82. The number of hydrogen-bond donors (Lipinski definition) is 0. The summed E-state index contributed by atoms with van der Waals surface area (Å²) in [6.07, 6.45) is 3.75. The largest absolute Gasteiger partial charge is 0.342 e. The molecular weight excluding hydrogens is 338 g/mol. The lowest BCUT2D eigenvalue weighted by Gasteiger charge is -2.34. The summed E-state index contributed by atoms with van der Waals surface area (Å²) >= 11 is 0. The number of rotatable bonds is 3. The number of likely N-dealkylation sites (tertiary alicyclic amines) is 1. The minimum Gasteiger partial charge on any atom is -0.342 e. The van der Waals surface area contributed by atoms with Crippen LogP contribution in [0.5, 0.6) is 0 Å². The quantitative estimate of drug-likeness (QED) is 0.720. The van der Waals surface area contributed by atoms with E-state index in [9.17, 15) is 4.79 Å². The van der Waals surface area contributed by atoms with E-state index in [1.807, 2.05) is 41.8 Å². The lowest BCUT2D eigenvalue weighted by Crippen LogP contribution is -2.43. The molecule has 1 aliphatic heterocycles. The molecule has 1 saturated carbocycles. The van der Waals surface area contributed by atoms with Gasteiger partial charge in [-0.1, -0.05) is 30.3 Å². The van der Waals surface area contributed by atoms with Crippen LogP contribution in [0.2, 0.25) is 0 Å². The minimum atomic E-state index is -0.270. The summed E-state index contributed by atoms with van der Waals surface area (Å²) in [6, 6.07) is 14.2. The fourth-order valence-corrected chi connectivity index (χ4v) is 4.30. The third-order valence-electron chi connectivity index (χ3n) is 6.05. The molecule has 2 fully saturated rings. The molecule has 3 aromatic rings. The molecule has 27 heavy (non-hydrogen) atoms. The van der Waals surface area contributed by atoms with Gasteiger partial charge in [0.25, 0.3) is 0 Å². The fourth-order valence-electron chi connectivity index (χ4n) is 4.30. The summed E-state index contributed by atoms with van der Waals surface area (Å²) in [5, 5.41) is 13.2. The van der Waals surface area contributed by atoms with Gasteiger partial charge in [-0.15, -0.1) is 10.2 Å². The normalized spacial score (nSPS) is 19.4. The summed E-state index contributed by atoms with van der Waals surface area (Å²) in [5.41, 5.74) is 2.64. The molecule has 5 rings (SSSR count). The SMILES string of the molecule is Cc1ccc2nnc(C3CCN(C(=O)C4(c5ccccc5)CC4)CC3)n2n1. The number of aromatic nitrogens is 4. The van der Waals surface area contributed by atoms with E-state index in [0.717, 1.165) is 55.9 Å². The summed E-state index contributed by atoms with van der Waals surface area (Å²) in [4.78, 5) is 15.3. The lowest BCUT2D eigenvalue weighted by molar-refractivity contribution is -0.135. The number of amides is 1. The van der Waals surface area contributed by atoms with Gasteiger partial charge in [0.05, 0.1) is 11.1 Å². The van der Waals surface area contributed by atoms with Crippen molar-refractivity contribution in [3.8, 4) is 0 Å². The zero-order valence-corrected chi connectivity index (χ0v) is 15.5. The molecule has 0 radical (unpaired) electrons. The van der Waals surface area contributed by atoms with Gasteiger partial charge in [0.1, 0.15) is 0 Å². The molecule has 0 atom stereocenters. The Hall–Kier alpha value is -2.76. The van der Waals surface area contributed by atoms with Gasteiger partial charge < -0.3 is 4.90 Å². The number of carbonyl (C=O) groups is 1. The molecule has 0 spiro atoms. The number of fused-ring (bicyclic) bond motifs is 1. The molecule has 0 N–H and O–H groups in total. The first-order valence-electron chi connectivity index (χ1n) is 9.71. The Balaban J connectivity index is 1.32. The number of aryl methyl sites for hydroxylation is 1. The average molecular weight is 361 g/mol. The molecule has 1 saturated heterocycles. The van der Waals surface area contributed by atoms with Crippen molar-refractivity contribution in [3.63, 3.8) is 0 Å². The third kappa shape index (κ3) is 2.71. The van der Waals surface area contributed by atoms with Crippen molar-refractivity contribution in [1.29, 1.82) is 0 Å². The average Bonchev–Trinajstić information content (AvgIpc) is 3.43. The molecule has 3 heterocycles. The van der Waals surface area contributed by atoms with Crippen LogP contribution in [0.25, 0.3) is 5.65 Å². The summed E-state index contributed by atoms with van der Waals surface area (Å²) in [5.74, 6) is 1.52. The number of nitrogens with zero attached hydrogens (tertiary/aromatic N) is 5. The van der Waals surface area contributed by atoms with E-state index in [-0.39, 0.29) is 5.41 Å². The van der Waals surface area contributed by atoms with Crippen molar-refractivity contribution < 1.29 is 4.79 Å². The van der Waals surface area contributed by atoms with Crippen molar-refractivity contribution in [2.24, 2.45) is 0 Å². The van der Waals surface area contributed by atoms with Crippen LogP contribution in [-0.2, 0) is 10.2 Å². The number of carbonyl (C=O) groups excluding carboxylic acids is 1. The van der Waals surface area contributed by atoms with E-state index >= 15 is 0 Å². The van der Waals surface area contributed by atoms with Crippen molar-refractivity contribution in [3.05, 3.63) is 59.5 Å². The predicted octanol–water partition coefficient (Wildman–Crippen LogP) is 2.87. The summed E-state index contributed by atoms with van der Waals surface area (Å²) in [7, 11) is 0. The topological polar surface area (TPSA) is 63.4 Å². The highest BCUT2D eigenvalue weighted by atomic mass is 16.2. The molecular formula is C21H23N5O. The van der Waals surface area contributed by atoms with Gasteiger partial charge in [-0.25, -0.2) is 0 Å². The maximum atomic E-state index is 13.2. The van der Waals surface area contributed by atoms with E-state index < -0.39 is 0 Å². The number of benzene rings is 1. The first-order valence-corrected chi connectivity index (χ1v) is 9.71. The summed E-state index contributed by atoms with van der Waals surface area (Å²) in [6.45, 7) is 3.53. The molecule has 2 aliphatic rings. The number of hydrogen-bond acceptors (Lipinski definition) is 4. The van der Waals surface area contributed by atoms with Crippen molar-refractivity contribution >= 4 is 11.6 Å². The molecule has 2 aromatic heterocycles. The second-order valence-corrected chi connectivity index (χ2v) is 7.82. The number of piperidine rings is 1. The van der Waals surface area contributed by atoms with Crippen LogP contribution in [0.15, 0.2) is 42.5 Å². The van der Waals surface area contributed by atoms with Crippen LogP contribution in [0.4, 0.5) is 0 Å². The van der Waals surface area contributed by atoms with Crippen molar-refractivity contribution in [2.45, 2.75) is 43.9 Å². The first kappa shape index (κ1) is 16.4. The maximum absolute atomic E-state index is 13.2. The molecule has 1 aromatic carbocycles. The van der Waals surface area contributed by atoms with E-state index in [1.165, 1.54) is 5.56 Å². The maximum Gasteiger partial charge on any atom is 0.233 e. The van der Waals surface area contributed by atoms with Crippen LogP contribution in [0, 0.1) is 6.92 Å². The Morgan fingerprint density at radius 3 is 2.48 bits per heavy atom. The Morgan fingerprint density at radius 2 is 1.78 bits per heavy atom. The zero-order chi connectivity index (χ0) is 18.4. The Bertz CT molecular complexity index is 984. The van der Waals surface area contributed by atoms with E-state index in [4.69, 9.17) is 0 Å². The molecule has 1 amide bonds. The first-order chi connectivity index (χ1) is 13.2. The van der Waals surface area contributed by atoms with E-state index in [1.54, 1.807) is 0 Å². The van der Waals surface area contributed by atoms with Gasteiger partial charge in [0, 0.05) is 19.0 Å². The van der Waals surface area contributed by atoms with E-state index in [0.29, 0.717) is 11.8 Å². The molecule has 1 aliphatic carbocycles. The highest BCUT2D eigenvalue weighted by molar-refractivity contribution is 5.91. The lowest BCUT2D eigenvalue weighted by atomic mass is 9.91. The van der Waals surface area contributed by atoms with Gasteiger partial charge in [-0.2, -0.15) is 9.61 Å². The van der Waals surface area contributed by atoms with Gasteiger partial charge in [-0.3, -0.25) is 4.79 Å². The van der Waals surface area contributed by atoms with Crippen LogP contribution < -0.4 is 0 Å². The molecule has 138 valence electrons. The van der Waals surface area contributed by atoms with Crippen molar-refractivity contribution in [2.75, 3.05) is 13.1 Å².